The van der Waals surface area contributed by atoms with Crippen LogP contribution >= 0.6 is 0 Å². The molecule has 8 heteroatoms. The number of hydrogen-bond acceptors (Lipinski definition) is 5. The van der Waals surface area contributed by atoms with Crippen LogP contribution in [0.2, 0.25) is 0 Å². The van der Waals surface area contributed by atoms with Gasteiger partial charge in [-0.05, 0) is 52.5 Å². The number of benzene rings is 1. The highest BCUT2D eigenvalue weighted by Crippen LogP contribution is 2.24. The number of rotatable bonds is 9. The molecular weight excluding hydrogens is 340 g/mol. The normalized spacial score (nSPS) is 12.4. The molecule has 0 spiro atoms. The number of hydrogen-bond donors (Lipinski definition) is 2. The van der Waals surface area contributed by atoms with Crippen molar-refractivity contribution in [3.8, 4) is 0 Å². The van der Waals surface area contributed by atoms with E-state index in [1.54, 1.807) is 17.0 Å². The molecule has 8 nitrogen and oxygen atoms in total. The van der Waals surface area contributed by atoms with E-state index in [9.17, 15) is 0 Å². The maximum atomic E-state index is 4.28. The van der Waals surface area contributed by atoms with Crippen LogP contribution < -0.4 is 5.32 Å². The molecule has 1 unspecified atom stereocenters. The molecule has 0 bridgehead atoms. The van der Waals surface area contributed by atoms with Gasteiger partial charge in [0.1, 0.15) is 0 Å². The molecule has 0 aliphatic heterocycles. The van der Waals surface area contributed by atoms with Gasteiger partial charge in [0.15, 0.2) is 5.82 Å². The molecular formula is C19H22N8. The zero-order chi connectivity index (χ0) is 18.5. The van der Waals surface area contributed by atoms with Gasteiger partial charge in [-0.25, -0.2) is 9.67 Å². The Balaban J connectivity index is 1.56. The summed E-state index contributed by atoms with van der Waals surface area (Å²) >= 11 is 0. The van der Waals surface area contributed by atoms with Gasteiger partial charge in [0.25, 0.3) is 0 Å². The van der Waals surface area contributed by atoms with Gasteiger partial charge < -0.3 is 14.9 Å². The molecule has 0 amide bonds. The lowest BCUT2D eigenvalue weighted by molar-refractivity contribution is 0.504. The monoisotopic (exact) mass is 362 g/mol. The van der Waals surface area contributed by atoms with E-state index in [0.717, 1.165) is 36.4 Å². The fourth-order valence-electron chi connectivity index (χ4n) is 3.21. The number of nitrogens with one attached hydrogen (secondary N) is 2. The molecule has 0 aliphatic rings. The molecule has 27 heavy (non-hydrogen) atoms. The average molecular weight is 362 g/mol. The molecule has 2 N–H and O–H groups in total. The molecule has 0 fully saturated rings. The topological polar surface area (TPSA) is 89.2 Å². The molecule has 1 aromatic carbocycles. The van der Waals surface area contributed by atoms with E-state index in [2.05, 4.69) is 66.2 Å². The minimum Gasteiger partial charge on any atom is -0.361 e. The highest BCUT2D eigenvalue weighted by molar-refractivity contribution is 5.80. The van der Waals surface area contributed by atoms with Crippen molar-refractivity contribution in [3.63, 3.8) is 0 Å². The van der Waals surface area contributed by atoms with Gasteiger partial charge in [-0.15, -0.1) is 11.7 Å². The van der Waals surface area contributed by atoms with Gasteiger partial charge in [0.2, 0.25) is 0 Å². The Morgan fingerprint density at radius 3 is 3.11 bits per heavy atom. The molecule has 0 saturated heterocycles. The van der Waals surface area contributed by atoms with Gasteiger partial charge in [0, 0.05) is 30.7 Å². The van der Waals surface area contributed by atoms with Crippen molar-refractivity contribution >= 4 is 10.9 Å². The first-order chi connectivity index (χ1) is 13.3. The molecule has 3 heterocycles. The van der Waals surface area contributed by atoms with Crippen LogP contribution in [-0.2, 0) is 13.1 Å². The van der Waals surface area contributed by atoms with E-state index in [0.29, 0.717) is 6.54 Å². The highest BCUT2D eigenvalue weighted by atomic mass is 15.5. The zero-order valence-corrected chi connectivity index (χ0v) is 15.0. The smallest absolute Gasteiger partial charge is 0.173 e. The lowest BCUT2D eigenvalue weighted by Gasteiger charge is -2.19. The summed E-state index contributed by atoms with van der Waals surface area (Å²) in [6.07, 6.45) is 10.3. The molecule has 0 saturated carbocycles. The van der Waals surface area contributed by atoms with E-state index in [1.807, 2.05) is 18.7 Å². The minimum atomic E-state index is -0.0953. The summed E-state index contributed by atoms with van der Waals surface area (Å²) in [7, 11) is 0. The molecule has 3 aromatic heterocycles. The van der Waals surface area contributed by atoms with E-state index in [1.165, 1.54) is 5.39 Å². The average Bonchev–Trinajstić information content (AvgIpc) is 3.43. The van der Waals surface area contributed by atoms with Gasteiger partial charge in [-0.1, -0.05) is 12.1 Å². The van der Waals surface area contributed by atoms with Crippen molar-refractivity contribution < 1.29 is 0 Å². The number of fused-ring (bicyclic) bond motifs is 1. The van der Waals surface area contributed by atoms with E-state index < -0.39 is 0 Å². The summed E-state index contributed by atoms with van der Waals surface area (Å²) in [5.74, 6) is 0.785. The highest BCUT2D eigenvalue weighted by Gasteiger charge is 2.20. The molecule has 1 atom stereocenters. The Morgan fingerprint density at radius 2 is 2.26 bits per heavy atom. The van der Waals surface area contributed by atoms with Crippen molar-refractivity contribution in [2.24, 2.45) is 0 Å². The number of imidazole rings is 1. The van der Waals surface area contributed by atoms with Crippen molar-refractivity contribution in [2.75, 3.05) is 6.54 Å². The van der Waals surface area contributed by atoms with Crippen LogP contribution in [-0.4, -0.2) is 41.3 Å². The van der Waals surface area contributed by atoms with Crippen LogP contribution in [0, 0.1) is 0 Å². The predicted octanol–water partition coefficient (Wildman–Crippen LogP) is 2.31. The molecule has 4 aromatic rings. The third-order valence-corrected chi connectivity index (χ3v) is 4.53. The largest absolute Gasteiger partial charge is 0.361 e. The quantitative estimate of drug-likeness (QED) is 0.352. The molecule has 4 rings (SSSR count). The number of aryl methyl sites for hydroxylation is 1. The molecule has 0 radical (unpaired) electrons. The summed E-state index contributed by atoms with van der Waals surface area (Å²) in [6.45, 7) is 6.11. The first-order valence-corrected chi connectivity index (χ1v) is 8.98. The second kappa shape index (κ2) is 7.96. The fraction of sp³-hybridized carbons (Fsp3) is 0.263. The first-order valence-electron chi connectivity index (χ1n) is 8.98. The first kappa shape index (κ1) is 17.2. The zero-order valence-electron chi connectivity index (χ0n) is 15.0. The van der Waals surface area contributed by atoms with Crippen LogP contribution in [0.25, 0.3) is 10.9 Å². The fourth-order valence-corrected chi connectivity index (χ4v) is 3.21. The van der Waals surface area contributed by atoms with E-state index in [-0.39, 0.29) is 6.04 Å². The number of nitrogens with zero attached hydrogens (tertiary/aromatic N) is 6. The minimum absolute atomic E-state index is 0.0953. The lowest BCUT2D eigenvalue weighted by Crippen LogP contribution is -2.27. The Labute approximate surface area is 156 Å². The third-order valence-electron chi connectivity index (χ3n) is 4.53. The SMILES string of the molecule is C=CCn1nnnc1C(NCCCn1ccnc1)c1ccc2[nH]ccc2c1. The van der Waals surface area contributed by atoms with Gasteiger partial charge in [0.05, 0.1) is 18.9 Å². The van der Waals surface area contributed by atoms with Crippen LogP contribution in [0.5, 0.6) is 0 Å². The number of H-pyrrole nitrogens is 1. The van der Waals surface area contributed by atoms with Crippen LogP contribution in [0.15, 0.2) is 61.8 Å². The number of aromatic nitrogens is 7. The molecule has 138 valence electrons. The maximum Gasteiger partial charge on any atom is 0.173 e. The second-order valence-electron chi connectivity index (χ2n) is 6.37. The Kier molecular flexibility index (Phi) is 5.06. The summed E-state index contributed by atoms with van der Waals surface area (Å²) in [5, 5.41) is 17.0. The number of aromatic amines is 1. The van der Waals surface area contributed by atoms with Crippen LogP contribution in [0.1, 0.15) is 23.9 Å². The van der Waals surface area contributed by atoms with Crippen LogP contribution in [0.4, 0.5) is 0 Å². The summed E-state index contributed by atoms with van der Waals surface area (Å²) in [5.41, 5.74) is 2.24. The van der Waals surface area contributed by atoms with E-state index >= 15 is 0 Å². The van der Waals surface area contributed by atoms with Gasteiger partial charge in [-0.3, -0.25) is 0 Å². The van der Waals surface area contributed by atoms with Crippen LogP contribution in [0.3, 0.4) is 0 Å². The Morgan fingerprint density at radius 1 is 1.30 bits per heavy atom. The Hall–Kier alpha value is -3.26. The van der Waals surface area contributed by atoms with Gasteiger partial charge >= 0.3 is 0 Å². The summed E-state index contributed by atoms with van der Waals surface area (Å²) in [6, 6.07) is 8.35. The van der Waals surface area contributed by atoms with Gasteiger partial charge in [-0.2, -0.15) is 0 Å². The number of allylic oxidation sites excluding steroid dienone is 1. The predicted molar refractivity (Wildman–Crippen MR) is 103 cm³/mol. The third kappa shape index (κ3) is 3.80. The second-order valence-corrected chi connectivity index (χ2v) is 6.37. The van der Waals surface area contributed by atoms with Crippen molar-refractivity contribution in [2.45, 2.75) is 25.6 Å². The molecule has 0 aliphatic carbocycles. The summed E-state index contributed by atoms with van der Waals surface area (Å²) in [4.78, 5) is 7.31. The standard InChI is InChI=1S/C19H22N8/c1-2-10-27-19(23-24-25-27)18(22-7-3-11-26-12-9-20-14-26)16-4-5-17-15(13-16)6-8-21-17/h2,4-6,8-9,12-14,18,21-22H,1,3,7,10-11H2. The Bertz CT molecular complexity index is 998. The lowest BCUT2D eigenvalue weighted by atomic mass is 10.0. The number of tetrazole rings is 1. The van der Waals surface area contributed by atoms with E-state index in [4.69, 9.17) is 0 Å². The van der Waals surface area contributed by atoms with Crippen molar-refractivity contribution in [1.29, 1.82) is 0 Å². The summed E-state index contributed by atoms with van der Waals surface area (Å²) < 4.78 is 3.85. The van der Waals surface area contributed by atoms with Crippen molar-refractivity contribution in [1.82, 2.24) is 40.1 Å². The maximum absolute atomic E-state index is 4.28. The van der Waals surface area contributed by atoms with Crippen molar-refractivity contribution in [3.05, 3.63) is 73.2 Å².